The zero-order valence-electron chi connectivity index (χ0n) is 10.9. The van der Waals surface area contributed by atoms with Crippen LogP contribution < -0.4 is 10.7 Å². The van der Waals surface area contributed by atoms with Crippen LogP contribution in [0.4, 0.5) is 5.69 Å². The highest BCUT2D eigenvalue weighted by Gasteiger charge is 2.05. The van der Waals surface area contributed by atoms with Gasteiger partial charge in [-0.1, -0.05) is 17.7 Å². The fraction of sp³-hybridized carbons (Fsp3) is 0.214. The molecule has 2 rings (SSSR count). The lowest BCUT2D eigenvalue weighted by Gasteiger charge is -2.12. The van der Waals surface area contributed by atoms with Crippen molar-refractivity contribution in [2.24, 2.45) is 0 Å². The molecule has 4 nitrogen and oxygen atoms in total. The van der Waals surface area contributed by atoms with Crippen molar-refractivity contribution in [2.45, 2.75) is 13.8 Å². The van der Waals surface area contributed by atoms with Crippen molar-refractivity contribution in [3.63, 3.8) is 0 Å². The van der Waals surface area contributed by atoms with Gasteiger partial charge in [0.05, 0.1) is 0 Å². The highest BCUT2D eigenvalue weighted by atomic mass is 35.5. The predicted octanol–water partition coefficient (Wildman–Crippen LogP) is 2.94. The third-order valence-corrected chi connectivity index (χ3v) is 3.01. The molecule has 0 aliphatic carbocycles. The Morgan fingerprint density at radius 3 is 2.53 bits per heavy atom. The molecule has 0 aliphatic rings. The fourth-order valence-corrected chi connectivity index (χ4v) is 2.03. The van der Waals surface area contributed by atoms with Crippen molar-refractivity contribution in [3.05, 3.63) is 52.8 Å². The van der Waals surface area contributed by atoms with E-state index in [1.165, 1.54) is 0 Å². The van der Waals surface area contributed by atoms with Gasteiger partial charge in [0.25, 0.3) is 0 Å². The van der Waals surface area contributed by atoms with Crippen molar-refractivity contribution >= 4 is 23.2 Å². The number of aryl methyl sites for hydroxylation is 2. The molecular weight excluding hydrogens is 262 g/mol. The van der Waals surface area contributed by atoms with Crippen LogP contribution in [0.2, 0.25) is 5.02 Å². The van der Waals surface area contributed by atoms with Crippen molar-refractivity contribution < 1.29 is 4.79 Å². The second-order valence-electron chi connectivity index (χ2n) is 4.34. The molecule has 0 saturated carbocycles. The number of carbonyl (C=O) groups is 1. The van der Waals surface area contributed by atoms with Gasteiger partial charge in [-0.05, 0) is 44.2 Å². The van der Waals surface area contributed by atoms with E-state index in [1.807, 2.05) is 30.7 Å². The average Bonchev–Trinajstić information content (AvgIpc) is 2.67. The van der Waals surface area contributed by atoms with Gasteiger partial charge in [-0.3, -0.25) is 9.47 Å². The molecule has 1 amide bonds. The molecule has 5 heteroatoms. The molecule has 0 unspecified atom stereocenters. The van der Waals surface area contributed by atoms with Crippen molar-refractivity contribution in [2.75, 3.05) is 17.3 Å². The highest BCUT2D eigenvalue weighted by molar-refractivity contribution is 6.30. The Morgan fingerprint density at radius 1 is 1.21 bits per heavy atom. The average molecular weight is 278 g/mol. The number of amides is 1. The molecule has 0 aliphatic heterocycles. The first-order valence-corrected chi connectivity index (χ1v) is 6.38. The molecular formula is C14H16ClN3O. The number of hydrogen-bond donors (Lipinski definition) is 2. The molecule has 19 heavy (non-hydrogen) atoms. The highest BCUT2D eigenvalue weighted by Crippen LogP contribution is 2.14. The molecule has 0 saturated heterocycles. The molecule has 2 aromatic rings. The number of halogens is 1. The summed E-state index contributed by atoms with van der Waals surface area (Å²) in [5, 5.41) is 3.38. The van der Waals surface area contributed by atoms with Crippen LogP contribution in [0.3, 0.4) is 0 Å². The summed E-state index contributed by atoms with van der Waals surface area (Å²) in [6.45, 7) is 4.16. The van der Waals surface area contributed by atoms with Crippen LogP contribution in [-0.2, 0) is 4.79 Å². The summed E-state index contributed by atoms with van der Waals surface area (Å²) in [5.41, 5.74) is 5.89. The zero-order chi connectivity index (χ0) is 13.8. The maximum absolute atomic E-state index is 11.8. The first-order chi connectivity index (χ1) is 9.06. The predicted molar refractivity (Wildman–Crippen MR) is 78.2 cm³/mol. The van der Waals surface area contributed by atoms with Gasteiger partial charge in [0.2, 0.25) is 5.91 Å². The molecule has 0 bridgehead atoms. The lowest BCUT2D eigenvalue weighted by atomic mass is 10.3. The lowest BCUT2D eigenvalue weighted by molar-refractivity contribution is -0.114. The second kappa shape index (κ2) is 5.80. The van der Waals surface area contributed by atoms with Gasteiger partial charge < -0.3 is 10.7 Å². The number of hydrogen-bond acceptors (Lipinski definition) is 2. The van der Waals surface area contributed by atoms with Crippen LogP contribution in [0.5, 0.6) is 0 Å². The minimum Gasteiger partial charge on any atom is -0.324 e. The number of nitrogens with zero attached hydrogens (tertiary/aromatic N) is 1. The second-order valence-corrected chi connectivity index (χ2v) is 4.78. The van der Waals surface area contributed by atoms with Gasteiger partial charge >= 0.3 is 0 Å². The van der Waals surface area contributed by atoms with E-state index >= 15 is 0 Å². The number of benzene rings is 1. The SMILES string of the molecule is Cc1ccc(C)n1NCC(=O)Nc1cccc(Cl)c1. The summed E-state index contributed by atoms with van der Waals surface area (Å²) < 4.78 is 1.89. The topological polar surface area (TPSA) is 46.1 Å². The minimum atomic E-state index is -0.116. The molecule has 2 N–H and O–H groups in total. The van der Waals surface area contributed by atoms with Crippen molar-refractivity contribution in [3.8, 4) is 0 Å². The van der Waals surface area contributed by atoms with E-state index in [9.17, 15) is 4.79 Å². The summed E-state index contributed by atoms with van der Waals surface area (Å²) in [4.78, 5) is 11.8. The molecule has 0 radical (unpaired) electrons. The van der Waals surface area contributed by atoms with Crippen LogP contribution in [0.25, 0.3) is 0 Å². The Morgan fingerprint density at radius 2 is 1.89 bits per heavy atom. The van der Waals surface area contributed by atoms with E-state index < -0.39 is 0 Å². The third-order valence-electron chi connectivity index (χ3n) is 2.78. The van der Waals surface area contributed by atoms with Crippen LogP contribution >= 0.6 is 11.6 Å². The smallest absolute Gasteiger partial charge is 0.245 e. The van der Waals surface area contributed by atoms with Gasteiger partial charge in [-0.25, -0.2) is 0 Å². The van der Waals surface area contributed by atoms with Crippen LogP contribution in [-0.4, -0.2) is 17.1 Å². The van der Waals surface area contributed by atoms with Crippen LogP contribution in [0.1, 0.15) is 11.4 Å². The first kappa shape index (κ1) is 13.5. The minimum absolute atomic E-state index is 0.116. The van der Waals surface area contributed by atoms with Crippen molar-refractivity contribution in [1.29, 1.82) is 0 Å². The number of carbonyl (C=O) groups excluding carboxylic acids is 1. The van der Waals surface area contributed by atoms with Gasteiger partial charge in [0.1, 0.15) is 6.54 Å². The van der Waals surface area contributed by atoms with Crippen molar-refractivity contribution in [1.82, 2.24) is 4.68 Å². The number of anilines is 1. The third kappa shape index (κ3) is 3.51. The van der Waals surface area contributed by atoms with Gasteiger partial charge in [0, 0.05) is 22.1 Å². The van der Waals surface area contributed by atoms with E-state index in [4.69, 9.17) is 11.6 Å². The normalized spacial score (nSPS) is 10.3. The monoisotopic (exact) mass is 277 g/mol. The van der Waals surface area contributed by atoms with E-state index in [-0.39, 0.29) is 12.5 Å². The zero-order valence-corrected chi connectivity index (χ0v) is 11.7. The maximum atomic E-state index is 11.8. The molecule has 0 atom stereocenters. The van der Waals surface area contributed by atoms with E-state index in [0.29, 0.717) is 10.7 Å². The summed E-state index contributed by atoms with van der Waals surface area (Å²) >= 11 is 5.86. The Labute approximate surface area is 117 Å². The first-order valence-electron chi connectivity index (χ1n) is 6.00. The fourth-order valence-electron chi connectivity index (χ4n) is 1.84. The van der Waals surface area contributed by atoms with Crippen LogP contribution in [0, 0.1) is 13.8 Å². The lowest BCUT2D eigenvalue weighted by Crippen LogP contribution is -2.28. The van der Waals surface area contributed by atoms with Crippen LogP contribution in [0.15, 0.2) is 36.4 Å². The Balaban J connectivity index is 1.92. The van der Waals surface area contributed by atoms with E-state index in [2.05, 4.69) is 10.7 Å². The Bertz CT molecular complexity index is 573. The quantitative estimate of drug-likeness (QED) is 0.903. The number of aromatic nitrogens is 1. The standard InChI is InChI=1S/C14H16ClN3O/c1-10-6-7-11(2)18(10)16-9-14(19)17-13-5-3-4-12(15)8-13/h3-8,16H,9H2,1-2H3,(H,17,19). The summed E-state index contributed by atoms with van der Waals surface area (Å²) in [5.74, 6) is -0.116. The number of nitrogens with one attached hydrogen (secondary N) is 2. The van der Waals surface area contributed by atoms with Gasteiger partial charge in [-0.15, -0.1) is 0 Å². The Kier molecular flexibility index (Phi) is 4.12. The maximum Gasteiger partial charge on any atom is 0.245 e. The molecule has 1 aromatic heterocycles. The molecule has 0 spiro atoms. The molecule has 100 valence electrons. The molecule has 0 fully saturated rings. The summed E-state index contributed by atoms with van der Waals surface area (Å²) in [6, 6.07) is 11.1. The largest absolute Gasteiger partial charge is 0.324 e. The van der Waals surface area contributed by atoms with Gasteiger partial charge in [0.15, 0.2) is 0 Å². The van der Waals surface area contributed by atoms with Gasteiger partial charge in [-0.2, -0.15) is 0 Å². The van der Waals surface area contributed by atoms with E-state index in [0.717, 1.165) is 11.4 Å². The summed E-state index contributed by atoms with van der Waals surface area (Å²) in [7, 11) is 0. The Hall–Kier alpha value is -1.94. The summed E-state index contributed by atoms with van der Waals surface area (Å²) in [6.07, 6.45) is 0. The molecule has 1 aromatic carbocycles. The van der Waals surface area contributed by atoms with E-state index in [1.54, 1.807) is 24.3 Å². The number of rotatable bonds is 4. The molecule has 1 heterocycles.